The van der Waals surface area contributed by atoms with Crippen molar-refractivity contribution in [1.82, 2.24) is 20.2 Å². The molecule has 4 heterocycles. The molecule has 1 aromatic heterocycles. The van der Waals surface area contributed by atoms with Crippen molar-refractivity contribution >= 4 is 160 Å². The number of benzene rings is 4. The lowest BCUT2D eigenvalue weighted by atomic mass is 9.79. The second-order valence-corrected chi connectivity index (χ2v) is 41.7. The maximum atomic E-state index is 13.9. The standard InChI is InChI=1S/C62H76N4O22S4.C14H26N3O13P3.O3S/c1-6-29-63-59(75)40(20-27-55(71)72)34-50(68)47(23-28-56(73)74)64-60(76)39(19-26-54(69)70)33-41(67)14-9-8-12-30-65-49-25-22-44-46(36-43(91(83,84)85)37-51(44)92(86,87)88)58(49)62(4,5)53(65)16-11-7-10-15-52-61(2,3)57-45-35-42(90(80,81)82)21-17-38(45)18-24-48(57)66(52)31-13-32-89(77,78)79;1-2-3-4-7-26-31(20,21)29-33(24,25)30-32(22,23)27-9-11-10(18)8-13(28-11)17-6-5-12(15)16-14(17)19;1-4(2)3/h7,10-11,15-18,21-22,24-25,35-37,39-40,47H,6,8-9,12-14,19-20,23,26-34H2,1-5H3,(H8-,63,64,69,70,71,72,73,74,75,76,77,78,79,80,81,82,83,84,85,86,87,88);5-6,10-11,13,18H,2-4,7-9H2,1H3,(H,20,21)(H,22,23)(H,24,25)(H2,15,16,19);/t;10-,11-,13-;/m.1./s1. The Balaban J connectivity index is 0.000000574. The molecule has 0 radical (unpaired) electrons. The van der Waals surface area contributed by atoms with Gasteiger partial charge in [0.1, 0.15) is 35.4 Å². The fraction of sp³-hybridized carbons (Fsp3) is 0.500. The van der Waals surface area contributed by atoms with Crippen LogP contribution in [-0.4, -0.2) is 218 Å². The van der Waals surface area contributed by atoms with E-state index in [2.05, 4.69) is 33.3 Å². The Kier molecular flexibility index (Phi) is 39.2. The van der Waals surface area contributed by atoms with Crippen molar-refractivity contribution in [2.75, 3.05) is 49.2 Å². The van der Waals surface area contributed by atoms with E-state index in [4.69, 9.17) is 23.1 Å². The number of aliphatic hydroxyl groups excluding tert-OH is 1. The summed E-state index contributed by atoms with van der Waals surface area (Å²) < 4.78 is 227. The number of phosphoric ester groups is 2. The van der Waals surface area contributed by atoms with Crippen LogP contribution in [-0.2, 0) is 132 Å². The van der Waals surface area contributed by atoms with Crippen LogP contribution in [0.2, 0.25) is 0 Å². The first-order valence-corrected chi connectivity index (χ1v) is 51.1. The molecule has 1 fully saturated rings. The van der Waals surface area contributed by atoms with Gasteiger partial charge in [-0.3, -0.25) is 60.8 Å². The normalized spacial score (nSPS) is 18.5. The Hall–Kier alpha value is -8.95. The number of aromatic nitrogens is 2. The highest BCUT2D eigenvalue weighted by Crippen LogP contribution is 2.68. The summed E-state index contributed by atoms with van der Waals surface area (Å²) in [6, 6.07) is 12.2. The minimum absolute atomic E-state index is 0.0255. The highest BCUT2D eigenvalue weighted by atomic mass is 32.2. The summed E-state index contributed by atoms with van der Waals surface area (Å²) in [5.41, 5.74) is 6.00. The van der Waals surface area contributed by atoms with Crippen LogP contribution in [0.25, 0.3) is 21.5 Å². The number of carboxylic acid groups (broad SMARTS) is 3. The van der Waals surface area contributed by atoms with Crippen LogP contribution in [0.4, 0.5) is 17.2 Å². The SMILES string of the molecule is CCCCCOP(=O)(O)OP(=O)(O)OP(=O)(O)OC[C@H]1O[C@@H](n2ccc(N)nc2=O)C[C@H]1O.CCCNC(=O)C(CCC(=O)O)CC(=O)C(CCC(=O)O)NC(=O)C(CCC(=O)O)CC(=O)CCCCC[N+]1=C(C=CC=CC=C2N(CCCS(=O)(=O)[O-])c3ccc4ccc(S(=O)(=O)O)cc4c3C2(C)C)C(C)(C)c2c1ccc1c(S(=O)(=O)O)cc(S(=O)(=O)O)cc21.O=S(=O)=O. The van der Waals surface area contributed by atoms with E-state index in [1.165, 1.54) is 30.5 Å². The van der Waals surface area contributed by atoms with Crippen LogP contribution in [0.1, 0.15) is 174 Å². The molecule has 2 amide bonds. The summed E-state index contributed by atoms with van der Waals surface area (Å²) in [6.45, 7) is 10.4. The molecule has 714 valence electrons. The summed E-state index contributed by atoms with van der Waals surface area (Å²) in [4.78, 5) is 133. The Morgan fingerprint density at radius 3 is 1.86 bits per heavy atom. The number of rotatable bonds is 48. The van der Waals surface area contributed by atoms with Gasteiger partial charge in [-0.2, -0.15) is 43.4 Å². The second-order valence-electron chi connectivity index (χ2n) is 30.9. The number of nitrogens with zero attached hydrogens (tertiary/aromatic N) is 4. The van der Waals surface area contributed by atoms with Gasteiger partial charge in [0.2, 0.25) is 17.5 Å². The molecular formula is C76H102N7O38P3S5. The fourth-order valence-electron chi connectivity index (χ4n) is 14.7. The van der Waals surface area contributed by atoms with Gasteiger partial charge < -0.3 is 65.7 Å². The average Bonchev–Trinajstić information content (AvgIpc) is 1.58. The Morgan fingerprint density at radius 1 is 0.682 bits per heavy atom. The van der Waals surface area contributed by atoms with Gasteiger partial charge in [0.25, 0.3) is 30.4 Å². The topological polar surface area (TPSA) is 721 Å². The van der Waals surface area contributed by atoms with Gasteiger partial charge in [-0.1, -0.05) is 70.9 Å². The summed E-state index contributed by atoms with van der Waals surface area (Å²) in [7, 11) is -38.5. The molecule has 14 N–H and O–H groups in total. The van der Waals surface area contributed by atoms with Gasteiger partial charge in [-0.15, -0.1) is 12.6 Å². The second kappa shape index (κ2) is 46.4. The van der Waals surface area contributed by atoms with Crippen molar-refractivity contribution in [1.29, 1.82) is 0 Å². The number of nitrogens with two attached hydrogens (primary N) is 1. The number of unbranched alkanes of at least 4 members (excludes halogenated alkanes) is 4. The fourth-order valence-corrected chi connectivity index (χ4v) is 20.6. The number of phosphoric acid groups is 3. The Morgan fingerprint density at radius 2 is 1.28 bits per heavy atom. The average molecular weight is 1970 g/mol. The first-order chi connectivity index (χ1) is 59.7. The number of allylic oxidation sites excluding steroid dienone is 6. The first kappa shape index (κ1) is 109. The molecular weight excluding hydrogens is 1870 g/mol. The Bertz CT molecular complexity index is 6000. The van der Waals surface area contributed by atoms with Crippen LogP contribution in [0.15, 0.2) is 122 Å². The van der Waals surface area contributed by atoms with Crippen LogP contribution in [0.5, 0.6) is 0 Å². The third-order valence-electron chi connectivity index (χ3n) is 20.6. The van der Waals surface area contributed by atoms with Gasteiger partial charge in [-0.05, 0) is 135 Å². The number of carboxylic acids is 3. The van der Waals surface area contributed by atoms with E-state index < -0.39 is 229 Å². The predicted molar refractivity (Wildman–Crippen MR) is 457 cm³/mol. The molecule has 3 aliphatic heterocycles. The largest absolute Gasteiger partial charge is 0.748 e. The number of carbonyl (C=O) groups excluding carboxylic acids is 4. The molecule has 45 nitrogen and oxygen atoms in total. The number of aliphatic hydroxyl groups is 1. The molecule has 0 bridgehead atoms. The molecule has 4 aromatic carbocycles. The maximum Gasteiger partial charge on any atom is 0.490 e. The first-order valence-electron chi connectivity index (χ1n) is 39.7. The van der Waals surface area contributed by atoms with E-state index in [1.54, 1.807) is 75.4 Å². The number of hydrogen-bond donors (Lipinski definition) is 13. The van der Waals surface area contributed by atoms with Gasteiger partial charge in [0, 0.05) is 128 Å². The molecule has 129 heavy (non-hydrogen) atoms. The number of ketones is 2. The third-order valence-corrected chi connectivity index (χ3v) is 28.2. The van der Waals surface area contributed by atoms with E-state index in [0.29, 0.717) is 82.9 Å². The van der Waals surface area contributed by atoms with Gasteiger partial charge in [0.05, 0.1) is 50.7 Å². The lowest BCUT2D eigenvalue weighted by Crippen LogP contribution is -2.46. The van der Waals surface area contributed by atoms with E-state index >= 15 is 0 Å². The van der Waals surface area contributed by atoms with Crippen LogP contribution >= 0.6 is 23.5 Å². The van der Waals surface area contributed by atoms with E-state index in [0.717, 1.165) is 17.1 Å². The van der Waals surface area contributed by atoms with E-state index in [-0.39, 0.29) is 86.3 Å². The predicted octanol–water partition coefficient (Wildman–Crippen LogP) is 7.18. The Labute approximate surface area is 742 Å². The quantitative estimate of drug-likeness (QED) is 0.00602. The van der Waals surface area contributed by atoms with Gasteiger partial charge in [0.15, 0.2) is 11.5 Å². The number of carbonyl (C=O) groups is 7. The number of Topliss-reactive ketones (excluding diaryl/α,β-unsaturated/α-hetero) is 2. The number of hydrogen-bond acceptors (Lipinski definition) is 32. The maximum absolute atomic E-state index is 13.9. The molecule has 0 saturated carbocycles. The van der Waals surface area contributed by atoms with E-state index in [9.17, 15) is 139 Å². The summed E-state index contributed by atoms with van der Waals surface area (Å²) in [6.07, 6.45) is 5.73. The monoisotopic (exact) mass is 1970 g/mol. The zero-order valence-corrected chi connectivity index (χ0v) is 77.1. The minimum Gasteiger partial charge on any atom is -0.748 e. The summed E-state index contributed by atoms with van der Waals surface area (Å²) in [5.74, 6) is -9.70. The number of amides is 2. The highest BCUT2D eigenvalue weighted by molar-refractivity contribution is 7.87. The van der Waals surface area contributed by atoms with Crippen molar-refractivity contribution in [3.05, 3.63) is 125 Å². The molecule has 6 unspecified atom stereocenters. The van der Waals surface area contributed by atoms with Crippen LogP contribution in [0, 0.1) is 11.8 Å². The minimum atomic E-state index is -5.58. The highest BCUT2D eigenvalue weighted by Gasteiger charge is 2.48. The van der Waals surface area contributed by atoms with Gasteiger partial charge >= 0.3 is 57.7 Å². The number of fused-ring (bicyclic) bond motifs is 6. The molecule has 8 rings (SSSR count). The number of nitrogens with one attached hydrogen (secondary N) is 2. The molecule has 5 aromatic rings. The lowest BCUT2D eigenvalue weighted by Gasteiger charge is -2.27. The van der Waals surface area contributed by atoms with Crippen molar-refractivity contribution in [2.24, 2.45) is 11.8 Å². The summed E-state index contributed by atoms with van der Waals surface area (Å²) >= 11 is 0. The van der Waals surface area contributed by atoms with Gasteiger partial charge in [-0.25, -0.2) is 26.9 Å². The molecule has 0 spiro atoms. The van der Waals surface area contributed by atoms with Crippen LogP contribution < -0.4 is 27.0 Å². The molecule has 1 saturated heterocycles. The number of aliphatic carboxylic acids is 3. The van der Waals surface area contributed by atoms with Crippen molar-refractivity contribution in [2.45, 2.75) is 207 Å². The lowest BCUT2D eigenvalue weighted by molar-refractivity contribution is -0.438. The van der Waals surface area contributed by atoms with Crippen molar-refractivity contribution in [3.8, 4) is 0 Å². The zero-order chi connectivity index (χ0) is 96.9. The molecule has 53 heteroatoms. The molecule has 3 aliphatic rings. The zero-order valence-electron chi connectivity index (χ0n) is 70.3. The number of anilines is 2. The third kappa shape index (κ3) is 32.5. The molecule has 9 atom stereocenters. The summed E-state index contributed by atoms with van der Waals surface area (Å²) in [5, 5.41) is 44.6. The van der Waals surface area contributed by atoms with E-state index in [1.807, 2.05) is 30.2 Å². The number of ether oxygens (including phenoxy) is 1. The van der Waals surface area contributed by atoms with Crippen molar-refractivity contribution < 1.29 is 174 Å². The van der Waals surface area contributed by atoms with Crippen molar-refractivity contribution in [3.63, 3.8) is 0 Å². The van der Waals surface area contributed by atoms with Crippen LogP contribution in [0.3, 0.4) is 0 Å². The molecule has 0 aliphatic carbocycles. The number of nitrogen functional groups attached to an aromatic ring is 1. The smallest absolute Gasteiger partial charge is 0.490 e.